The van der Waals surface area contributed by atoms with Crippen molar-refractivity contribution in [2.75, 3.05) is 0 Å². The van der Waals surface area contributed by atoms with E-state index in [1.165, 1.54) is 10.9 Å². The zero-order valence-corrected chi connectivity index (χ0v) is 10.8. The Hall–Kier alpha value is -2.58. The highest BCUT2D eigenvalue weighted by atomic mass is 19.4. The fraction of sp³-hybridized carbons (Fsp3) is 0.250. The number of carboxylic acids is 1. The van der Waals surface area contributed by atoms with Gasteiger partial charge in [-0.05, 0) is 18.2 Å². The summed E-state index contributed by atoms with van der Waals surface area (Å²) in [6, 6.07) is 2.56. The zero-order chi connectivity index (χ0) is 15.6. The molecule has 0 saturated carbocycles. The average molecular weight is 301 g/mol. The molecule has 9 heteroatoms. The van der Waals surface area contributed by atoms with E-state index in [-0.39, 0.29) is 6.61 Å². The summed E-state index contributed by atoms with van der Waals surface area (Å²) < 4.78 is 45.4. The van der Waals surface area contributed by atoms with Crippen LogP contribution in [0.5, 0.6) is 5.75 Å². The van der Waals surface area contributed by atoms with Crippen LogP contribution < -0.4 is 4.74 Å². The maximum Gasteiger partial charge on any atom is 0.419 e. The molecule has 2 rings (SSSR count). The second-order valence-electron chi connectivity index (χ2n) is 4.16. The van der Waals surface area contributed by atoms with E-state index in [9.17, 15) is 18.0 Å². The fourth-order valence-corrected chi connectivity index (χ4v) is 1.59. The number of carboxylic acid groups (broad SMARTS) is 1. The molecule has 6 nitrogen and oxygen atoms in total. The van der Waals surface area contributed by atoms with Crippen molar-refractivity contribution < 1.29 is 27.8 Å². The topological polar surface area (TPSA) is 77.2 Å². The minimum atomic E-state index is -4.72. The van der Waals surface area contributed by atoms with Gasteiger partial charge in [0.15, 0.2) is 5.82 Å². The Balaban J connectivity index is 2.30. The zero-order valence-electron chi connectivity index (χ0n) is 10.8. The molecule has 1 heterocycles. The second-order valence-corrected chi connectivity index (χ2v) is 4.16. The molecule has 21 heavy (non-hydrogen) atoms. The molecule has 0 unspecified atom stereocenters. The van der Waals surface area contributed by atoms with Crippen molar-refractivity contribution in [3.8, 4) is 5.75 Å². The molecule has 0 bridgehead atoms. The predicted molar refractivity (Wildman–Crippen MR) is 63.7 cm³/mol. The van der Waals surface area contributed by atoms with Crippen molar-refractivity contribution in [3.05, 3.63) is 41.5 Å². The molecule has 0 amide bonds. The molecule has 0 atom stereocenters. The molecule has 0 aliphatic rings. The van der Waals surface area contributed by atoms with E-state index >= 15 is 0 Å². The summed E-state index contributed by atoms with van der Waals surface area (Å²) in [5.41, 5.74) is -1.61. The number of carbonyl (C=O) groups is 1. The normalized spacial score (nSPS) is 11.4. The summed E-state index contributed by atoms with van der Waals surface area (Å²) in [4.78, 5) is 10.8. The van der Waals surface area contributed by atoms with Crippen LogP contribution in [-0.2, 0) is 19.8 Å². The van der Waals surface area contributed by atoms with E-state index in [4.69, 9.17) is 9.84 Å². The van der Waals surface area contributed by atoms with E-state index in [1.54, 1.807) is 7.05 Å². The van der Waals surface area contributed by atoms with Gasteiger partial charge in [-0.25, -0.2) is 4.79 Å². The fourth-order valence-electron chi connectivity index (χ4n) is 1.59. The minimum Gasteiger partial charge on any atom is -0.485 e. The number of alkyl halides is 3. The summed E-state index contributed by atoms with van der Waals surface area (Å²) >= 11 is 0. The average Bonchev–Trinajstić information content (AvgIpc) is 2.80. The monoisotopic (exact) mass is 301 g/mol. The smallest absolute Gasteiger partial charge is 0.419 e. The maximum absolute atomic E-state index is 12.9. The van der Waals surface area contributed by atoms with Gasteiger partial charge < -0.3 is 14.4 Å². The van der Waals surface area contributed by atoms with Gasteiger partial charge in [-0.1, -0.05) is 0 Å². The lowest BCUT2D eigenvalue weighted by Gasteiger charge is -2.14. The van der Waals surface area contributed by atoms with Crippen LogP contribution in [0, 0.1) is 0 Å². The Labute approximate surface area is 116 Å². The first-order chi connectivity index (χ1) is 9.79. The lowest BCUT2D eigenvalue weighted by molar-refractivity contribution is -0.139. The predicted octanol–water partition coefficient (Wildman–Crippen LogP) is 2.11. The van der Waals surface area contributed by atoms with Crippen LogP contribution in [0.1, 0.15) is 21.7 Å². The third kappa shape index (κ3) is 3.30. The Kier molecular flexibility index (Phi) is 3.83. The van der Waals surface area contributed by atoms with Crippen molar-refractivity contribution in [3.63, 3.8) is 0 Å². The largest absolute Gasteiger partial charge is 0.485 e. The van der Waals surface area contributed by atoms with Crippen molar-refractivity contribution >= 4 is 5.97 Å². The molecule has 1 N–H and O–H groups in total. The standard InChI is InChI=1S/C12H10F3N3O3/c1-18-6-16-17-10(18)5-21-9-3-2-7(11(19)20)4-8(9)12(13,14)15/h2-4,6H,5H2,1H3,(H,19,20). The number of rotatable bonds is 4. The Morgan fingerprint density at radius 2 is 2.14 bits per heavy atom. The number of halogens is 3. The molecule has 0 aliphatic heterocycles. The van der Waals surface area contributed by atoms with Gasteiger partial charge in [0.1, 0.15) is 18.7 Å². The summed E-state index contributed by atoms with van der Waals surface area (Å²) in [6.45, 7) is -0.216. The quantitative estimate of drug-likeness (QED) is 0.936. The highest BCUT2D eigenvalue weighted by molar-refractivity contribution is 5.88. The summed E-state index contributed by atoms with van der Waals surface area (Å²) in [7, 11) is 1.62. The minimum absolute atomic E-state index is 0.216. The maximum atomic E-state index is 12.9. The molecule has 2 aromatic rings. The highest BCUT2D eigenvalue weighted by Gasteiger charge is 2.35. The van der Waals surface area contributed by atoms with Gasteiger partial charge in [0.2, 0.25) is 0 Å². The highest BCUT2D eigenvalue weighted by Crippen LogP contribution is 2.37. The molecule has 0 saturated heterocycles. The van der Waals surface area contributed by atoms with E-state index in [2.05, 4.69) is 10.2 Å². The van der Waals surface area contributed by atoms with Crippen LogP contribution in [0.25, 0.3) is 0 Å². The van der Waals surface area contributed by atoms with Gasteiger partial charge in [0.25, 0.3) is 0 Å². The van der Waals surface area contributed by atoms with Crippen molar-refractivity contribution in [1.82, 2.24) is 14.8 Å². The number of aromatic carboxylic acids is 1. The number of aryl methyl sites for hydroxylation is 1. The van der Waals surface area contributed by atoms with Crippen LogP contribution in [0.15, 0.2) is 24.5 Å². The van der Waals surface area contributed by atoms with Gasteiger partial charge in [0.05, 0.1) is 11.1 Å². The first kappa shape index (κ1) is 14.8. The summed E-state index contributed by atoms with van der Waals surface area (Å²) in [6.07, 6.45) is -3.34. The van der Waals surface area contributed by atoms with E-state index in [1.807, 2.05) is 0 Å². The molecular weight excluding hydrogens is 291 g/mol. The van der Waals surface area contributed by atoms with Gasteiger partial charge in [-0.3, -0.25) is 0 Å². The van der Waals surface area contributed by atoms with Crippen molar-refractivity contribution in [2.45, 2.75) is 12.8 Å². The van der Waals surface area contributed by atoms with Crippen LogP contribution in [-0.4, -0.2) is 25.8 Å². The molecule has 1 aromatic heterocycles. The molecular formula is C12H10F3N3O3. The number of nitrogens with zero attached hydrogens (tertiary/aromatic N) is 3. The Morgan fingerprint density at radius 3 is 2.67 bits per heavy atom. The number of benzene rings is 1. The summed E-state index contributed by atoms with van der Waals surface area (Å²) in [5.74, 6) is -1.57. The van der Waals surface area contributed by atoms with Crippen LogP contribution in [0.4, 0.5) is 13.2 Å². The lowest BCUT2D eigenvalue weighted by atomic mass is 10.1. The number of hydrogen-bond donors (Lipinski definition) is 1. The summed E-state index contributed by atoms with van der Waals surface area (Å²) in [5, 5.41) is 16.0. The van der Waals surface area contributed by atoms with Crippen molar-refractivity contribution in [2.24, 2.45) is 7.05 Å². The van der Waals surface area contributed by atoms with Crippen LogP contribution in [0.2, 0.25) is 0 Å². The van der Waals surface area contributed by atoms with Gasteiger partial charge in [0, 0.05) is 7.05 Å². The first-order valence-electron chi connectivity index (χ1n) is 5.69. The van der Waals surface area contributed by atoms with Crippen LogP contribution in [0.3, 0.4) is 0 Å². The van der Waals surface area contributed by atoms with E-state index in [0.717, 1.165) is 12.1 Å². The molecule has 0 aliphatic carbocycles. The van der Waals surface area contributed by atoms with Crippen LogP contribution >= 0.6 is 0 Å². The number of hydrogen-bond acceptors (Lipinski definition) is 4. The van der Waals surface area contributed by atoms with E-state index in [0.29, 0.717) is 11.9 Å². The van der Waals surface area contributed by atoms with E-state index < -0.39 is 29.0 Å². The number of aromatic nitrogens is 3. The van der Waals surface area contributed by atoms with Gasteiger partial charge in [-0.2, -0.15) is 13.2 Å². The van der Waals surface area contributed by atoms with Gasteiger partial charge >= 0.3 is 12.1 Å². The molecule has 1 aromatic carbocycles. The Morgan fingerprint density at radius 1 is 1.43 bits per heavy atom. The SMILES string of the molecule is Cn1cnnc1COc1ccc(C(=O)O)cc1C(F)(F)F. The third-order valence-corrected chi connectivity index (χ3v) is 2.69. The second kappa shape index (κ2) is 5.43. The molecule has 112 valence electrons. The molecule has 0 radical (unpaired) electrons. The molecule has 0 spiro atoms. The lowest BCUT2D eigenvalue weighted by Crippen LogP contribution is -2.12. The first-order valence-corrected chi connectivity index (χ1v) is 5.69. The van der Waals surface area contributed by atoms with Gasteiger partial charge in [-0.15, -0.1) is 10.2 Å². The Bertz CT molecular complexity index is 667. The molecule has 0 fully saturated rings. The van der Waals surface area contributed by atoms with Crippen molar-refractivity contribution in [1.29, 1.82) is 0 Å². The third-order valence-electron chi connectivity index (χ3n) is 2.69. The number of ether oxygens (including phenoxy) is 1.